The highest BCUT2D eigenvalue weighted by atomic mass is 15.2. The highest BCUT2D eigenvalue weighted by molar-refractivity contribution is 5.53. The monoisotopic (exact) mass is 285 g/mol. The molecular weight excluding hydrogens is 262 g/mol. The van der Waals surface area contributed by atoms with E-state index in [-0.39, 0.29) is 0 Å². The lowest BCUT2D eigenvalue weighted by molar-refractivity contribution is 0.109. The first-order valence-electron chi connectivity index (χ1n) is 7.76. The Hall–Kier alpha value is -1.75. The highest BCUT2D eigenvalue weighted by Gasteiger charge is 2.27. The Bertz CT molecular complexity index is 591. The number of aromatic amines is 1. The van der Waals surface area contributed by atoms with Crippen LogP contribution in [0.4, 0.5) is 0 Å². The second-order valence-corrected chi connectivity index (χ2v) is 6.04. The molecule has 0 aliphatic carbocycles. The molecule has 1 N–H and O–H groups in total. The minimum Gasteiger partial charge on any atom is -0.292 e. The van der Waals surface area contributed by atoms with Crippen molar-refractivity contribution in [1.82, 2.24) is 25.1 Å². The smallest absolute Gasteiger partial charge is 0.126 e. The van der Waals surface area contributed by atoms with E-state index < -0.39 is 0 Å². The zero-order chi connectivity index (χ0) is 14.8. The number of H-pyrrole nitrogens is 1. The maximum absolute atomic E-state index is 4.71. The second-order valence-electron chi connectivity index (χ2n) is 6.04. The molecule has 112 valence electrons. The van der Waals surface area contributed by atoms with Crippen molar-refractivity contribution >= 4 is 0 Å². The lowest BCUT2D eigenvalue weighted by atomic mass is 9.97. The summed E-state index contributed by atoms with van der Waals surface area (Å²) >= 11 is 0. The Morgan fingerprint density at radius 1 is 1.29 bits per heavy atom. The first-order chi connectivity index (χ1) is 10.1. The van der Waals surface area contributed by atoms with Crippen molar-refractivity contribution in [3.63, 3.8) is 0 Å². The summed E-state index contributed by atoms with van der Waals surface area (Å²) < 4.78 is 0. The first kappa shape index (κ1) is 14.2. The Balaban J connectivity index is 1.97. The van der Waals surface area contributed by atoms with E-state index in [9.17, 15) is 0 Å². The number of rotatable bonds is 3. The molecule has 2 aromatic rings. The third-order valence-corrected chi connectivity index (χ3v) is 4.18. The number of aryl methyl sites for hydroxylation is 1. The molecule has 2 aromatic heterocycles. The maximum atomic E-state index is 4.71. The maximum Gasteiger partial charge on any atom is 0.126 e. The van der Waals surface area contributed by atoms with Gasteiger partial charge in [-0.25, -0.2) is 9.97 Å². The van der Waals surface area contributed by atoms with E-state index >= 15 is 0 Å². The predicted octanol–water partition coefficient (Wildman–Crippen LogP) is 3.11. The quantitative estimate of drug-likeness (QED) is 0.941. The van der Waals surface area contributed by atoms with E-state index in [4.69, 9.17) is 4.98 Å². The fourth-order valence-corrected chi connectivity index (χ4v) is 3.19. The number of hydrogen-bond acceptors (Lipinski definition) is 4. The molecule has 21 heavy (non-hydrogen) atoms. The topological polar surface area (TPSA) is 57.7 Å². The zero-order valence-corrected chi connectivity index (χ0v) is 13.0. The predicted molar refractivity (Wildman–Crippen MR) is 82.8 cm³/mol. The molecule has 0 spiro atoms. The van der Waals surface area contributed by atoms with Gasteiger partial charge in [0.1, 0.15) is 5.82 Å². The standard InChI is InChI=1S/C16H23N5/c1-11(2)21-9-5-4-6-16(21)15-10-14(18-12(3)19-15)13-7-8-17-20-13/h7-8,10-11,16H,4-6,9H2,1-3H3,(H,17,20)/t16-/m1/s1. The molecule has 3 heterocycles. The Morgan fingerprint density at radius 2 is 2.14 bits per heavy atom. The summed E-state index contributed by atoms with van der Waals surface area (Å²) in [5, 5.41) is 7.01. The van der Waals surface area contributed by atoms with E-state index in [1.54, 1.807) is 6.20 Å². The van der Waals surface area contributed by atoms with Crippen LogP contribution in [0, 0.1) is 6.92 Å². The van der Waals surface area contributed by atoms with Crippen molar-refractivity contribution in [3.05, 3.63) is 29.8 Å². The van der Waals surface area contributed by atoms with Gasteiger partial charge in [0, 0.05) is 12.2 Å². The van der Waals surface area contributed by atoms with E-state index in [0.717, 1.165) is 29.5 Å². The van der Waals surface area contributed by atoms with E-state index in [1.165, 1.54) is 19.3 Å². The molecule has 5 nitrogen and oxygen atoms in total. The van der Waals surface area contributed by atoms with Crippen molar-refractivity contribution in [3.8, 4) is 11.4 Å². The number of aromatic nitrogens is 4. The third kappa shape index (κ3) is 2.97. The van der Waals surface area contributed by atoms with Crippen LogP contribution >= 0.6 is 0 Å². The zero-order valence-electron chi connectivity index (χ0n) is 13.0. The van der Waals surface area contributed by atoms with E-state index in [0.29, 0.717) is 12.1 Å². The second kappa shape index (κ2) is 5.93. The molecule has 1 aliphatic heterocycles. The molecular formula is C16H23N5. The third-order valence-electron chi connectivity index (χ3n) is 4.18. The van der Waals surface area contributed by atoms with Gasteiger partial charge in [0.2, 0.25) is 0 Å². The average molecular weight is 285 g/mol. The Kier molecular flexibility index (Phi) is 4.01. The SMILES string of the molecule is Cc1nc(-c2ccn[nH]2)cc([C@H]2CCCCN2C(C)C)n1. The van der Waals surface area contributed by atoms with Crippen LogP contribution in [0.5, 0.6) is 0 Å². The van der Waals surface area contributed by atoms with Gasteiger partial charge < -0.3 is 0 Å². The average Bonchev–Trinajstić information content (AvgIpc) is 3.01. The molecule has 0 aromatic carbocycles. The number of likely N-dealkylation sites (tertiary alicyclic amines) is 1. The number of hydrogen-bond donors (Lipinski definition) is 1. The van der Waals surface area contributed by atoms with Crippen LogP contribution in [0.3, 0.4) is 0 Å². The van der Waals surface area contributed by atoms with Crippen LogP contribution in [0.15, 0.2) is 18.3 Å². The molecule has 0 unspecified atom stereocenters. The van der Waals surface area contributed by atoms with Crippen molar-refractivity contribution < 1.29 is 0 Å². The molecule has 0 bridgehead atoms. The fraction of sp³-hybridized carbons (Fsp3) is 0.562. The van der Waals surface area contributed by atoms with E-state index in [1.807, 2.05) is 13.0 Å². The van der Waals surface area contributed by atoms with Crippen LogP contribution in [0.2, 0.25) is 0 Å². The normalized spacial score (nSPS) is 20.1. The first-order valence-corrected chi connectivity index (χ1v) is 7.76. The molecule has 1 aliphatic rings. The van der Waals surface area contributed by atoms with Crippen LogP contribution in [-0.4, -0.2) is 37.7 Å². The van der Waals surface area contributed by atoms with Gasteiger partial charge in [-0.1, -0.05) is 6.42 Å². The van der Waals surface area contributed by atoms with Gasteiger partial charge >= 0.3 is 0 Å². The molecule has 0 radical (unpaired) electrons. The molecule has 0 amide bonds. The van der Waals surface area contributed by atoms with Gasteiger partial charge in [-0.15, -0.1) is 0 Å². The minimum absolute atomic E-state index is 0.405. The molecule has 1 atom stereocenters. The largest absolute Gasteiger partial charge is 0.292 e. The number of nitrogens with zero attached hydrogens (tertiary/aromatic N) is 4. The lowest BCUT2D eigenvalue weighted by Gasteiger charge is -2.38. The number of nitrogens with one attached hydrogen (secondary N) is 1. The van der Waals surface area contributed by atoms with Crippen molar-refractivity contribution in [2.45, 2.75) is 52.1 Å². The molecule has 3 rings (SSSR count). The molecule has 5 heteroatoms. The summed E-state index contributed by atoms with van der Waals surface area (Å²) in [6.07, 6.45) is 5.49. The number of piperidine rings is 1. The summed E-state index contributed by atoms with van der Waals surface area (Å²) in [4.78, 5) is 11.8. The summed E-state index contributed by atoms with van der Waals surface area (Å²) in [5.41, 5.74) is 3.03. The van der Waals surface area contributed by atoms with Crippen molar-refractivity contribution in [1.29, 1.82) is 0 Å². The summed E-state index contributed by atoms with van der Waals surface area (Å²) in [7, 11) is 0. The molecule has 0 saturated carbocycles. The summed E-state index contributed by atoms with van der Waals surface area (Å²) in [5.74, 6) is 0.825. The van der Waals surface area contributed by atoms with Gasteiger partial charge in [-0.05, 0) is 52.3 Å². The van der Waals surface area contributed by atoms with Crippen molar-refractivity contribution in [2.24, 2.45) is 0 Å². The van der Waals surface area contributed by atoms with Crippen LogP contribution in [0.25, 0.3) is 11.4 Å². The van der Waals surface area contributed by atoms with E-state index in [2.05, 4.69) is 40.0 Å². The lowest BCUT2D eigenvalue weighted by Crippen LogP contribution is -2.39. The van der Waals surface area contributed by atoms with Crippen LogP contribution in [0.1, 0.15) is 50.7 Å². The van der Waals surface area contributed by atoms with Gasteiger partial charge in [-0.2, -0.15) is 5.10 Å². The van der Waals surface area contributed by atoms with Gasteiger partial charge in [0.25, 0.3) is 0 Å². The van der Waals surface area contributed by atoms with Gasteiger partial charge in [0.05, 0.1) is 23.1 Å². The highest BCUT2D eigenvalue weighted by Crippen LogP contribution is 2.32. The van der Waals surface area contributed by atoms with Gasteiger partial charge in [-0.3, -0.25) is 10.00 Å². The summed E-state index contributed by atoms with van der Waals surface area (Å²) in [6, 6.07) is 5.02. The Labute approximate surface area is 125 Å². The summed E-state index contributed by atoms with van der Waals surface area (Å²) in [6.45, 7) is 7.65. The van der Waals surface area contributed by atoms with Crippen LogP contribution < -0.4 is 0 Å². The van der Waals surface area contributed by atoms with Gasteiger partial charge in [0.15, 0.2) is 0 Å². The fourth-order valence-electron chi connectivity index (χ4n) is 3.19. The Morgan fingerprint density at radius 3 is 2.86 bits per heavy atom. The molecule has 1 saturated heterocycles. The van der Waals surface area contributed by atoms with Crippen molar-refractivity contribution in [2.75, 3.05) is 6.54 Å². The van der Waals surface area contributed by atoms with Crippen LogP contribution in [-0.2, 0) is 0 Å². The molecule has 1 fully saturated rings. The minimum atomic E-state index is 0.405.